The van der Waals surface area contributed by atoms with Crippen LogP contribution in [0.1, 0.15) is 55.1 Å². The fraction of sp³-hybridized carbons (Fsp3) is 0.280. The zero-order valence-corrected chi connectivity index (χ0v) is 19.5. The van der Waals surface area contributed by atoms with E-state index in [4.69, 9.17) is 4.52 Å². The number of carbonyl (C=O) groups excluding carboxylic acids is 1. The van der Waals surface area contributed by atoms with Gasteiger partial charge < -0.3 is 4.52 Å². The van der Waals surface area contributed by atoms with E-state index in [0.29, 0.717) is 40.7 Å². The van der Waals surface area contributed by atoms with E-state index in [1.54, 1.807) is 4.90 Å². The van der Waals surface area contributed by atoms with Crippen LogP contribution in [-0.2, 0) is 17.0 Å². The normalized spacial score (nSPS) is 15.2. The van der Waals surface area contributed by atoms with Gasteiger partial charge in [-0.15, -0.1) is 0 Å². The van der Waals surface area contributed by atoms with Crippen molar-refractivity contribution in [1.82, 2.24) is 10.1 Å². The first-order chi connectivity index (χ1) is 15.4. The second kappa shape index (κ2) is 9.53. The summed E-state index contributed by atoms with van der Waals surface area (Å²) in [6.45, 7) is 8.32. The summed E-state index contributed by atoms with van der Waals surface area (Å²) < 4.78 is 5.30. The smallest absolute Gasteiger partial charge is 0.283 e. The highest BCUT2D eigenvalue weighted by atomic mass is 32.2. The van der Waals surface area contributed by atoms with Crippen LogP contribution < -0.4 is 4.90 Å². The Bertz CT molecular complexity index is 1160. The Balaban J connectivity index is 1.63. The number of anilines is 1. The van der Waals surface area contributed by atoms with Crippen molar-refractivity contribution in [3.63, 3.8) is 0 Å². The molecule has 0 N–H and O–H groups in total. The van der Waals surface area contributed by atoms with E-state index in [0.717, 1.165) is 16.8 Å². The van der Waals surface area contributed by atoms with Gasteiger partial charge in [-0.3, -0.25) is 9.69 Å². The minimum absolute atomic E-state index is 0.149. The lowest BCUT2D eigenvalue weighted by Gasteiger charge is -2.17. The highest BCUT2D eigenvalue weighted by Crippen LogP contribution is 2.31. The molecule has 4 rings (SSSR count). The third-order valence-corrected chi connectivity index (χ3v) is 6.10. The number of rotatable bonds is 6. The molecule has 0 bridgehead atoms. The summed E-state index contributed by atoms with van der Waals surface area (Å²) in [7, 11) is 0. The van der Waals surface area contributed by atoms with Gasteiger partial charge in [0, 0.05) is 6.42 Å². The summed E-state index contributed by atoms with van der Waals surface area (Å²) in [5, 5.41) is 4.54. The van der Waals surface area contributed by atoms with E-state index in [9.17, 15) is 4.79 Å². The van der Waals surface area contributed by atoms with Gasteiger partial charge in [0.2, 0.25) is 5.89 Å². The molecule has 164 valence electrons. The Morgan fingerprint density at radius 3 is 2.44 bits per heavy atom. The molecule has 1 amide bonds. The van der Waals surface area contributed by atoms with Crippen LogP contribution in [0.25, 0.3) is 6.08 Å². The standard InChI is InChI=1S/C25H26N4O2S/c1-5-22-27-23(31-28-22)15-32-25-26-21(14-18-8-10-19(11-9-18)16(2)3)24(30)29(25)20-12-6-17(4)7-13-20/h6-14,16H,5,15H2,1-4H3/b21-14-. The molecule has 0 spiro atoms. The van der Waals surface area contributed by atoms with Crippen molar-refractivity contribution < 1.29 is 9.32 Å². The van der Waals surface area contributed by atoms with Crippen molar-refractivity contribution in [2.24, 2.45) is 4.99 Å². The largest absolute Gasteiger partial charge is 0.338 e. The molecule has 1 aliphatic heterocycles. The molecular formula is C25H26N4O2S. The number of aliphatic imine (C=N–C) groups is 1. The Labute approximate surface area is 192 Å². The van der Waals surface area contributed by atoms with Gasteiger partial charge in [-0.1, -0.05) is 79.7 Å². The van der Waals surface area contributed by atoms with E-state index in [2.05, 4.69) is 41.1 Å². The highest BCUT2D eigenvalue weighted by Gasteiger charge is 2.32. The van der Waals surface area contributed by atoms with E-state index < -0.39 is 0 Å². The number of amidine groups is 1. The quantitative estimate of drug-likeness (QED) is 0.452. The minimum atomic E-state index is -0.149. The van der Waals surface area contributed by atoms with Crippen LogP contribution in [0.5, 0.6) is 0 Å². The van der Waals surface area contributed by atoms with Gasteiger partial charge in [-0.2, -0.15) is 4.98 Å². The minimum Gasteiger partial charge on any atom is -0.338 e. The predicted octanol–water partition coefficient (Wildman–Crippen LogP) is 5.74. The van der Waals surface area contributed by atoms with Gasteiger partial charge in [0.1, 0.15) is 5.70 Å². The lowest BCUT2D eigenvalue weighted by molar-refractivity contribution is -0.113. The van der Waals surface area contributed by atoms with Crippen molar-refractivity contribution in [3.8, 4) is 0 Å². The van der Waals surface area contributed by atoms with Gasteiger partial charge >= 0.3 is 0 Å². The Morgan fingerprint density at radius 1 is 1.09 bits per heavy atom. The van der Waals surface area contributed by atoms with Gasteiger partial charge in [0.15, 0.2) is 11.0 Å². The van der Waals surface area contributed by atoms with E-state index in [1.165, 1.54) is 17.3 Å². The summed E-state index contributed by atoms with van der Waals surface area (Å²) in [5.74, 6) is 1.95. The van der Waals surface area contributed by atoms with Crippen molar-refractivity contribution in [2.75, 3.05) is 4.90 Å². The zero-order chi connectivity index (χ0) is 22.7. The maximum absolute atomic E-state index is 13.3. The topological polar surface area (TPSA) is 71.6 Å². The molecule has 2 heterocycles. The molecule has 0 atom stereocenters. The molecule has 3 aromatic rings. The molecule has 32 heavy (non-hydrogen) atoms. The molecule has 6 nitrogen and oxygen atoms in total. The fourth-order valence-corrected chi connectivity index (χ4v) is 4.12. The number of hydrogen-bond acceptors (Lipinski definition) is 6. The van der Waals surface area contributed by atoms with Gasteiger partial charge in [-0.25, -0.2) is 4.99 Å². The second-order valence-corrected chi connectivity index (χ2v) is 8.91. The monoisotopic (exact) mass is 446 g/mol. The second-order valence-electron chi connectivity index (χ2n) is 7.97. The molecule has 2 aromatic carbocycles. The van der Waals surface area contributed by atoms with Gasteiger partial charge in [0.05, 0.1) is 11.4 Å². The molecule has 0 radical (unpaired) electrons. The maximum Gasteiger partial charge on any atom is 0.283 e. The van der Waals surface area contributed by atoms with Crippen molar-refractivity contribution in [2.45, 2.75) is 45.8 Å². The van der Waals surface area contributed by atoms with Crippen molar-refractivity contribution in [1.29, 1.82) is 0 Å². The predicted molar refractivity (Wildman–Crippen MR) is 130 cm³/mol. The highest BCUT2D eigenvalue weighted by molar-refractivity contribution is 8.13. The molecular weight excluding hydrogens is 420 g/mol. The van der Waals surface area contributed by atoms with Gasteiger partial charge in [-0.05, 0) is 42.2 Å². The van der Waals surface area contributed by atoms with Crippen molar-refractivity contribution >= 4 is 34.6 Å². The molecule has 0 saturated heterocycles. The van der Waals surface area contributed by atoms with E-state index in [-0.39, 0.29) is 5.91 Å². The molecule has 0 unspecified atom stereocenters. The number of nitrogens with zero attached hydrogens (tertiary/aromatic N) is 4. The molecule has 0 saturated carbocycles. The Hall–Kier alpha value is -3.19. The number of thioether (sulfide) groups is 1. The number of aryl methyl sites for hydroxylation is 2. The van der Waals surface area contributed by atoms with Crippen LogP contribution in [0.4, 0.5) is 5.69 Å². The SMILES string of the molecule is CCc1noc(CSC2=N/C(=C\c3ccc(C(C)C)cc3)C(=O)N2c2ccc(C)cc2)n1. The summed E-state index contributed by atoms with van der Waals surface area (Å²) in [5.41, 5.74) is 4.53. The third kappa shape index (κ3) is 4.83. The zero-order valence-electron chi connectivity index (χ0n) is 18.7. The number of aromatic nitrogens is 2. The molecule has 1 aliphatic rings. The van der Waals surface area contributed by atoms with Crippen LogP contribution >= 0.6 is 11.8 Å². The summed E-state index contributed by atoms with van der Waals surface area (Å²) in [6.07, 6.45) is 2.55. The summed E-state index contributed by atoms with van der Waals surface area (Å²) >= 11 is 1.41. The molecule has 0 fully saturated rings. The lowest BCUT2D eigenvalue weighted by atomic mass is 10.0. The van der Waals surface area contributed by atoms with E-state index in [1.807, 2.05) is 56.3 Å². The van der Waals surface area contributed by atoms with Crippen molar-refractivity contribution in [3.05, 3.63) is 82.6 Å². The molecule has 1 aromatic heterocycles. The summed E-state index contributed by atoms with van der Waals surface area (Å²) in [6, 6.07) is 16.1. The van der Waals surface area contributed by atoms with Crippen LogP contribution in [0.3, 0.4) is 0 Å². The first-order valence-corrected chi connectivity index (χ1v) is 11.7. The van der Waals surface area contributed by atoms with Gasteiger partial charge in [0.25, 0.3) is 5.91 Å². The number of hydrogen-bond donors (Lipinski definition) is 0. The van der Waals surface area contributed by atoms with Crippen LogP contribution in [0.2, 0.25) is 0 Å². The van der Waals surface area contributed by atoms with Crippen LogP contribution in [-0.4, -0.2) is 21.2 Å². The Morgan fingerprint density at radius 2 is 1.81 bits per heavy atom. The average molecular weight is 447 g/mol. The van der Waals surface area contributed by atoms with Crippen LogP contribution in [0, 0.1) is 6.92 Å². The lowest BCUT2D eigenvalue weighted by Crippen LogP contribution is -2.30. The number of amides is 1. The average Bonchev–Trinajstić information content (AvgIpc) is 3.38. The molecule has 0 aliphatic carbocycles. The first-order valence-electron chi connectivity index (χ1n) is 10.7. The third-order valence-electron chi connectivity index (χ3n) is 5.18. The van der Waals surface area contributed by atoms with E-state index >= 15 is 0 Å². The fourth-order valence-electron chi connectivity index (χ4n) is 3.27. The van der Waals surface area contributed by atoms with Crippen LogP contribution in [0.15, 0.2) is 63.7 Å². The Kier molecular flexibility index (Phi) is 6.55. The maximum atomic E-state index is 13.3. The number of benzene rings is 2. The molecule has 7 heteroatoms. The number of carbonyl (C=O) groups is 1. The first kappa shape index (κ1) is 22.0. The summed E-state index contributed by atoms with van der Waals surface area (Å²) in [4.78, 5) is 24.0.